The Hall–Kier alpha value is -0.710. The van der Waals surface area contributed by atoms with Crippen LogP contribution in [0.2, 0.25) is 0 Å². The van der Waals surface area contributed by atoms with Gasteiger partial charge in [0.15, 0.2) is 0 Å². The highest BCUT2D eigenvalue weighted by molar-refractivity contribution is 5.78. The molecule has 1 fully saturated rings. The van der Waals surface area contributed by atoms with Crippen LogP contribution < -0.4 is 5.73 Å². The lowest BCUT2D eigenvalue weighted by atomic mass is 10.1. The number of carbonyl (C=O) groups excluding carboxylic acids is 1. The Morgan fingerprint density at radius 2 is 2.17 bits per heavy atom. The molecule has 5 heteroatoms. The zero-order valence-electron chi connectivity index (χ0n) is 6.72. The quantitative estimate of drug-likeness (QED) is 0.643. The third-order valence-electron chi connectivity index (χ3n) is 2.01. The number of alkyl halides is 2. The molecule has 2 N–H and O–H groups in total. The largest absolute Gasteiger partial charge is 0.465 e. The van der Waals surface area contributed by atoms with Gasteiger partial charge in [-0.3, -0.25) is 0 Å². The van der Waals surface area contributed by atoms with E-state index in [4.69, 9.17) is 5.73 Å². The Morgan fingerprint density at radius 1 is 1.67 bits per heavy atom. The Labute approximate surface area is 68.9 Å². The molecule has 0 aromatic rings. The van der Waals surface area contributed by atoms with Gasteiger partial charge < -0.3 is 10.5 Å². The van der Waals surface area contributed by atoms with Gasteiger partial charge in [-0.15, -0.1) is 0 Å². The van der Waals surface area contributed by atoms with Crippen LogP contribution in [0.5, 0.6) is 0 Å². The van der Waals surface area contributed by atoms with Crippen LogP contribution in [0.1, 0.15) is 12.8 Å². The van der Waals surface area contributed by atoms with Crippen molar-refractivity contribution in [2.24, 2.45) is 11.7 Å². The smallest absolute Gasteiger partial charge is 0.378 e. The summed E-state index contributed by atoms with van der Waals surface area (Å²) >= 11 is 0. The van der Waals surface area contributed by atoms with Gasteiger partial charge in [0.05, 0.1) is 13.2 Å². The van der Waals surface area contributed by atoms with E-state index in [9.17, 15) is 13.6 Å². The molecule has 1 atom stereocenters. The van der Waals surface area contributed by atoms with Crippen molar-refractivity contribution >= 4 is 5.97 Å². The molecule has 70 valence electrons. The Bertz CT molecular complexity index is 192. The average Bonchev–Trinajstić information content (AvgIpc) is 2.83. The first kappa shape index (κ1) is 9.38. The second-order valence-corrected chi connectivity index (χ2v) is 2.98. The third-order valence-corrected chi connectivity index (χ3v) is 2.01. The van der Waals surface area contributed by atoms with Gasteiger partial charge in [0.25, 0.3) is 0 Å². The zero-order valence-corrected chi connectivity index (χ0v) is 6.72. The van der Waals surface area contributed by atoms with Crippen molar-refractivity contribution in [3.05, 3.63) is 0 Å². The van der Waals surface area contributed by atoms with Gasteiger partial charge in [0.1, 0.15) is 0 Å². The Morgan fingerprint density at radius 3 is 2.50 bits per heavy atom. The van der Waals surface area contributed by atoms with Crippen molar-refractivity contribution in [2.75, 3.05) is 7.11 Å². The number of ether oxygens (including phenoxy) is 1. The van der Waals surface area contributed by atoms with E-state index in [0.717, 1.165) is 7.11 Å². The maximum Gasteiger partial charge on any atom is 0.378 e. The van der Waals surface area contributed by atoms with Gasteiger partial charge in [-0.05, 0) is 18.8 Å². The topological polar surface area (TPSA) is 52.3 Å². The molecule has 1 unspecified atom stereocenters. The average molecular weight is 179 g/mol. The fraction of sp³-hybridized carbons (Fsp3) is 0.857. The van der Waals surface area contributed by atoms with Crippen LogP contribution in [0, 0.1) is 5.92 Å². The van der Waals surface area contributed by atoms with Crippen LogP contribution in [0.3, 0.4) is 0 Å². The molecular weight excluding hydrogens is 168 g/mol. The summed E-state index contributed by atoms with van der Waals surface area (Å²) in [4.78, 5) is 10.6. The minimum Gasteiger partial charge on any atom is -0.465 e. The van der Waals surface area contributed by atoms with E-state index in [1.165, 1.54) is 0 Å². The van der Waals surface area contributed by atoms with Crippen LogP contribution in [0.4, 0.5) is 8.78 Å². The summed E-state index contributed by atoms with van der Waals surface area (Å²) in [5.41, 5.74) is 5.18. The summed E-state index contributed by atoms with van der Waals surface area (Å²) in [5.74, 6) is -5.29. The minimum absolute atomic E-state index is 0.223. The van der Waals surface area contributed by atoms with Crippen molar-refractivity contribution < 1.29 is 18.3 Å². The van der Waals surface area contributed by atoms with Crippen molar-refractivity contribution in [3.8, 4) is 0 Å². The SMILES string of the molecule is COC(=O)C(F)(F)C(N)C1CC1. The first-order valence-electron chi connectivity index (χ1n) is 3.72. The monoisotopic (exact) mass is 179 g/mol. The van der Waals surface area contributed by atoms with Crippen LogP contribution in [-0.2, 0) is 9.53 Å². The van der Waals surface area contributed by atoms with Crippen molar-refractivity contribution in [2.45, 2.75) is 24.8 Å². The molecule has 1 saturated carbocycles. The number of hydrogen-bond acceptors (Lipinski definition) is 3. The molecule has 0 bridgehead atoms. The van der Waals surface area contributed by atoms with Crippen molar-refractivity contribution in [1.82, 2.24) is 0 Å². The minimum atomic E-state index is -3.53. The molecular formula is C7H11F2NO2. The summed E-state index contributed by atoms with van der Waals surface area (Å²) in [6, 6.07) is -1.38. The molecule has 0 heterocycles. The van der Waals surface area contributed by atoms with E-state index in [2.05, 4.69) is 4.74 Å². The van der Waals surface area contributed by atoms with Gasteiger partial charge in [-0.1, -0.05) is 0 Å². The second-order valence-electron chi connectivity index (χ2n) is 2.98. The summed E-state index contributed by atoms with van der Waals surface area (Å²) in [6.07, 6.45) is 1.35. The molecule has 3 nitrogen and oxygen atoms in total. The van der Waals surface area contributed by atoms with Crippen molar-refractivity contribution in [3.63, 3.8) is 0 Å². The van der Waals surface area contributed by atoms with Crippen molar-refractivity contribution in [1.29, 1.82) is 0 Å². The van der Waals surface area contributed by atoms with Crippen LogP contribution in [0.15, 0.2) is 0 Å². The maximum atomic E-state index is 12.9. The Kier molecular flexibility index (Phi) is 2.32. The molecule has 0 aliphatic heterocycles. The Balaban J connectivity index is 2.61. The van der Waals surface area contributed by atoms with E-state index in [1.54, 1.807) is 0 Å². The van der Waals surface area contributed by atoms with E-state index < -0.39 is 17.9 Å². The first-order chi connectivity index (χ1) is 5.50. The fourth-order valence-electron chi connectivity index (χ4n) is 1.02. The standard InChI is InChI=1S/C7H11F2NO2/c1-12-6(11)7(8,9)5(10)4-2-3-4/h4-5H,2-3,10H2,1H3. The van der Waals surface area contributed by atoms with E-state index >= 15 is 0 Å². The molecule has 0 aromatic heterocycles. The molecule has 1 aliphatic carbocycles. The van der Waals surface area contributed by atoms with Crippen LogP contribution >= 0.6 is 0 Å². The van der Waals surface area contributed by atoms with E-state index in [-0.39, 0.29) is 5.92 Å². The maximum absolute atomic E-state index is 12.9. The molecule has 0 spiro atoms. The number of hydrogen-bond donors (Lipinski definition) is 1. The highest BCUT2D eigenvalue weighted by Gasteiger charge is 2.52. The number of rotatable bonds is 3. The van der Waals surface area contributed by atoms with Gasteiger partial charge in [0, 0.05) is 0 Å². The fourth-order valence-corrected chi connectivity index (χ4v) is 1.02. The van der Waals surface area contributed by atoms with Crippen LogP contribution in [0.25, 0.3) is 0 Å². The summed E-state index contributed by atoms with van der Waals surface area (Å²) in [5, 5.41) is 0. The molecule has 0 radical (unpaired) electrons. The van der Waals surface area contributed by atoms with Gasteiger partial charge in [-0.2, -0.15) is 8.78 Å². The van der Waals surface area contributed by atoms with Crippen LogP contribution in [-0.4, -0.2) is 25.0 Å². The highest BCUT2D eigenvalue weighted by atomic mass is 19.3. The number of esters is 1. The predicted octanol–water partition coefficient (Wildman–Crippen LogP) is 0.532. The summed E-state index contributed by atoms with van der Waals surface area (Å²) in [6.45, 7) is 0. The number of nitrogens with two attached hydrogens (primary N) is 1. The molecule has 1 aliphatic rings. The summed E-state index contributed by atoms with van der Waals surface area (Å²) < 4.78 is 29.7. The third kappa shape index (κ3) is 1.55. The lowest BCUT2D eigenvalue weighted by molar-refractivity contribution is -0.172. The number of halogens is 2. The molecule has 0 saturated heterocycles. The lowest BCUT2D eigenvalue weighted by Gasteiger charge is -2.20. The second kappa shape index (κ2) is 2.97. The van der Waals surface area contributed by atoms with E-state index in [0.29, 0.717) is 12.8 Å². The predicted molar refractivity (Wildman–Crippen MR) is 37.7 cm³/mol. The molecule has 12 heavy (non-hydrogen) atoms. The van der Waals surface area contributed by atoms with Gasteiger partial charge in [-0.25, -0.2) is 4.79 Å². The number of methoxy groups -OCH3 is 1. The number of carbonyl (C=O) groups is 1. The summed E-state index contributed by atoms with van der Waals surface area (Å²) in [7, 11) is 0.926. The first-order valence-corrected chi connectivity index (χ1v) is 3.72. The van der Waals surface area contributed by atoms with E-state index in [1.807, 2.05) is 0 Å². The normalized spacial score (nSPS) is 20.3. The molecule has 0 aromatic carbocycles. The molecule has 1 rings (SSSR count). The van der Waals surface area contributed by atoms with Gasteiger partial charge >= 0.3 is 11.9 Å². The zero-order chi connectivity index (χ0) is 9.35. The highest BCUT2D eigenvalue weighted by Crippen LogP contribution is 2.38. The van der Waals surface area contributed by atoms with Gasteiger partial charge in [0.2, 0.25) is 0 Å². The molecule has 0 amide bonds. The lowest BCUT2D eigenvalue weighted by Crippen LogP contribution is -2.49.